The number of carbonyl (C=O) groups is 1. The van der Waals surface area contributed by atoms with Crippen LogP contribution >= 0.6 is 0 Å². The molecule has 4 heteroatoms. The lowest BCUT2D eigenvalue weighted by atomic mass is 10.1. The van der Waals surface area contributed by atoms with Gasteiger partial charge in [-0.05, 0) is 13.8 Å². The van der Waals surface area contributed by atoms with Crippen LogP contribution in [0, 0.1) is 22.7 Å². The zero-order chi connectivity index (χ0) is 10.0. The Balaban J connectivity index is 3.34. The molecule has 0 unspecified atom stereocenters. The molecule has 4 nitrogen and oxygen atoms in total. The molecule has 0 spiro atoms. The summed E-state index contributed by atoms with van der Waals surface area (Å²) in [4.78, 5) is 11.1. The summed E-state index contributed by atoms with van der Waals surface area (Å²) in [5.74, 6) is -0.304. The van der Waals surface area contributed by atoms with Crippen molar-refractivity contribution in [2.45, 2.75) is 13.8 Å². The van der Waals surface area contributed by atoms with Gasteiger partial charge in [0, 0.05) is 5.57 Å². The monoisotopic (exact) mass is 173 g/mol. The van der Waals surface area contributed by atoms with Crippen LogP contribution in [-0.2, 0) is 4.79 Å². The summed E-state index contributed by atoms with van der Waals surface area (Å²) in [5, 5.41) is 19.8. The SMILES string of the molecule is CC1=C(C#N)/C(=C(/C)C#N)NC1=O. The predicted molar refractivity (Wildman–Crippen MR) is 44.8 cm³/mol. The fraction of sp³-hybridized carbons (Fsp3) is 0.222. The lowest BCUT2D eigenvalue weighted by molar-refractivity contribution is -0.116. The molecule has 0 aromatic rings. The summed E-state index contributed by atoms with van der Waals surface area (Å²) >= 11 is 0. The highest BCUT2D eigenvalue weighted by Gasteiger charge is 2.25. The van der Waals surface area contributed by atoms with Crippen molar-refractivity contribution >= 4 is 5.91 Å². The van der Waals surface area contributed by atoms with Crippen molar-refractivity contribution in [3.05, 3.63) is 22.4 Å². The maximum Gasteiger partial charge on any atom is 0.252 e. The molecule has 1 heterocycles. The Hall–Kier alpha value is -2.07. The van der Waals surface area contributed by atoms with E-state index >= 15 is 0 Å². The van der Waals surface area contributed by atoms with E-state index in [9.17, 15) is 4.79 Å². The van der Waals surface area contributed by atoms with E-state index in [1.807, 2.05) is 12.1 Å². The molecule has 1 rings (SSSR count). The minimum atomic E-state index is -0.304. The van der Waals surface area contributed by atoms with E-state index in [0.29, 0.717) is 16.8 Å². The van der Waals surface area contributed by atoms with Crippen molar-refractivity contribution in [1.82, 2.24) is 5.32 Å². The van der Waals surface area contributed by atoms with Gasteiger partial charge in [-0.15, -0.1) is 0 Å². The molecule has 0 aromatic heterocycles. The third kappa shape index (κ3) is 1.30. The summed E-state index contributed by atoms with van der Waals surface area (Å²) < 4.78 is 0. The van der Waals surface area contributed by atoms with E-state index in [0.717, 1.165) is 0 Å². The van der Waals surface area contributed by atoms with Crippen molar-refractivity contribution in [3.63, 3.8) is 0 Å². The summed E-state index contributed by atoms with van der Waals surface area (Å²) in [5.41, 5.74) is 1.32. The molecule has 13 heavy (non-hydrogen) atoms. The summed E-state index contributed by atoms with van der Waals surface area (Å²) in [6.45, 7) is 3.12. The topological polar surface area (TPSA) is 76.7 Å². The van der Waals surface area contributed by atoms with Gasteiger partial charge < -0.3 is 5.32 Å². The lowest BCUT2D eigenvalue weighted by Crippen LogP contribution is -2.16. The highest BCUT2D eigenvalue weighted by molar-refractivity contribution is 6.01. The van der Waals surface area contributed by atoms with Gasteiger partial charge >= 0.3 is 0 Å². The molecule has 0 saturated heterocycles. The summed E-state index contributed by atoms with van der Waals surface area (Å²) in [7, 11) is 0. The van der Waals surface area contributed by atoms with Crippen LogP contribution < -0.4 is 5.32 Å². The molecule has 0 radical (unpaired) electrons. The van der Waals surface area contributed by atoms with Crippen molar-refractivity contribution in [3.8, 4) is 12.1 Å². The van der Waals surface area contributed by atoms with Crippen LogP contribution in [0.15, 0.2) is 22.4 Å². The number of amides is 1. The lowest BCUT2D eigenvalue weighted by Gasteiger charge is -1.97. The molecule has 0 fully saturated rings. The van der Waals surface area contributed by atoms with E-state index in [1.165, 1.54) is 0 Å². The fourth-order valence-corrected chi connectivity index (χ4v) is 1.05. The number of rotatable bonds is 0. The number of allylic oxidation sites excluding steroid dienone is 2. The molecule has 0 aliphatic carbocycles. The van der Waals surface area contributed by atoms with E-state index in [4.69, 9.17) is 10.5 Å². The van der Waals surface area contributed by atoms with Gasteiger partial charge in [-0.25, -0.2) is 0 Å². The van der Waals surface area contributed by atoms with Crippen LogP contribution in [0.4, 0.5) is 0 Å². The quantitative estimate of drug-likeness (QED) is 0.549. The van der Waals surface area contributed by atoms with Crippen molar-refractivity contribution in [2.75, 3.05) is 0 Å². The number of nitrogens with one attached hydrogen (secondary N) is 1. The van der Waals surface area contributed by atoms with Gasteiger partial charge in [0.15, 0.2) is 0 Å². The van der Waals surface area contributed by atoms with Crippen LogP contribution in [0.25, 0.3) is 0 Å². The van der Waals surface area contributed by atoms with Gasteiger partial charge in [-0.2, -0.15) is 10.5 Å². The van der Waals surface area contributed by atoms with Gasteiger partial charge in [0.05, 0.1) is 22.9 Å². The molecular formula is C9H7N3O. The Morgan fingerprint density at radius 3 is 2.54 bits per heavy atom. The molecule has 0 saturated carbocycles. The Morgan fingerprint density at radius 2 is 2.08 bits per heavy atom. The maximum atomic E-state index is 11.1. The van der Waals surface area contributed by atoms with Gasteiger partial charge in [-0.1, -0.05) is 0 Å². The highest BCUT2D eigenvalue weighted by atomic mass is 16.1. The normalized spacial score (nSPS) is 19.2. The molecule has 0 bridgehead atoms. The maximum absolute atomic E-state index is 11.1. The summed E-state index contributed by atoms with van der Waals surface area (Å²) in [6.07, 6.45) is 0. The smallest absolute Gasteiger partial charge is 0.252 e. The Morgan fingerprint density at radius 1 is 1.46 bits per heavy atom. The van der Waals surface area contributed by atoms with Crippen LogP contribution in [0.1, 0.15) is 13.8 Å². The Bertz CT molecular complexity index is 415. The first-order valence-corrected chi connectivity index (χ1v) is 3.65. The zero-order valence-electron chi connectivity index (χ0n) is 7.30. The second-order valence-electron chi connectivity index (χ2n) is 2.68. The standard InChI is InChI=1S/C9H7N3O/c1-5(3-10)8-7(4-11)6(2)9(13)12-8/h1-2H3,(H,12,13)/b8-5+. The van der Waals surface area contributed by atoms with Crippen LogP contribution in [0.3, 0.4) is 0 Å². The average molecular weight is 173 g/mol. The van der Waals surface area contributed by atoms with Crippen LogP contribution in [-0.4, -0.2) is 5.91 Å². The van der Waals surface area contributed by atoms with Crippen LogP contribution in [0.2, 0.25) is 0 Å². The molecule has 0 aromatic carbocycles. The average Bonchev–Trinajstić information content (AvgIpc) is 2.42. The van der Waals surface area contributed by atoms with Gasteiger partial charge in [-0.3, -0.25) is 4.79 Å². The van der Waals surface area contributed by atoms with E-state index in [2.05, 4.69) is 5.32 Å². The minimum absolute atomic E-state index is 0.268. The number of carbonyl (C=O) groups excluding carboxylic acids is 1. The first kappa shape index (κ1) is 9.02. The number of nitriles is 2. The van der Waals surface area contributed by atoms with E-state index in [-0.39, 0.29) is 11.5 Å². The largest absolute Gasteiger partial charge is 0.320 e. The van der Waals surface area contributed by atoms with Crippen molar-refractivity contribution in [1.29, 1.82) is 10.5 Å². The minimum Gasteiger partial charge on any atom is -0.320 e. The van der Waals surface area contributed by atoms with Crippen molar-refractivity contribution < 1.29 is 4.79 Å². The Kier molecular flexibility index (Phi) is 2.17. The molecule has 64 valence electrons. The number of nitrogens with zero attached hydrogens (tertiary/aromatic N) is 2. The zero-order valence-corrected chi connectivity index (χ0v) is 7.30. The summed E-state index contributed by atoms with van der Waals surface area (Å²) in [6, 6.07) is 3.79. The molecule has 1 aliphatic rings. The number of hydrogen-bond donors (Lipinski definition) is 1. The first-order chi connectivity index (χ1) is 6.11. The fourth-order valence-electron chi connectivity index (χ4n) is 1.05. The second kappa shape index (κ2) is 3.12. The van der Waals surface area contributed by atoms with E-state index in [1.54, 1.807) is 13.8 Å². The van der Waals surface area contributed by atoms with Gasteiger partial charge in [0.1, 0.15) is 6.07 Å². The van der Waals surface area contributed by atoms with Crippen LogP contribution in [0.5, 0.6) is 0 Å². The molecular weight excluding hydrogens is 166 g/mol. The molecule has 0 atom stereocenters. The third-order valence-corrected chi connectivity index (χ3v) is 1.86. The molecule has 1 amide bonds. The number of hydrogen-bond acceptors (Lipinski definition) is 3. The molecule has 1 aliphatic heterocycles. The second-order valence-corrected chi connectivity index (χ2v) is 2.68. The van der Waals surface area contributed by atoms with Gasteiger partial charge in [0.2, 0.25) is 0 Å². The third-order valence-electron chi connectivity index (χ3n) is 1.86. The molecule has 1 N–H and O–H groups in total. The Labute approximate surface area is 75.8 Å². The van der Waals surface area contributed by atoms with E-state index < -0.39 is 0 Å². The first-order valence-electron chi connectivity index (χ1n) is 3.65. The predicted octanol–water partition coefficient (Wildman–Crippen LogP) is 0.754. The van der Waals surface area contributed by atoms with Crippen molar-refractivity contribution in [2.24, 2.45) is 0 Å². The highest BCUT2D eigenvalue weighted by Crippen LogP contribution is 2.21. The van der Waals surface area contributed by atoms with Gasteiger partial charge in [0.25, 0.3) is 5.91 Å².